The zero-order valence-corrected chi connectivity index (χ0v) is 20.4. The molecule has 0 N–H and O–H groups in total. The van der Waals surface area contributed by atoms with E-state index in [1.54, 1.807) is 5.57 Å². The van der Waals surface area contributed by atoms with Gasteiger partial charge in [-0.15, -0.1) is 0 Å². The Kier molecular flexibility index (Phi) is 5.60. The van der Waals surface area contributed by atoms with Crippen LogP contribution in [-0.4, -0.2) is 52.0 Å². The monoisotopic (exact) mass is 445 g/mol. The number of carbonyl (C=O) groups is 1. The van der Waals surface area contributed by atoms with E-state index in [0.717, 1.165) is 31.3 Å². The molecule has 3 saturated heterocycles. The summed E-state index contributed by atoms with van der Waals surface area (Å²) in [5, 5.41) is 1.31. The highest BCUT2D eigenvalue weighted by Crippen LogP contribution is 2.45. The number of carbonyl (C=O) groups excluding carboxylic acids is 1. The van der Waals surface area contributed by atoms with Crippen LogP contribution in [0.25, 0.3) is 10.9 Å². The third-order valence-electron chi connectivity index (χ3n) is 8.97. The van der Waals surface area contributed by atoms with E-state index in [4.69, 9.17) is 0 Å². The Balaban J connectivity index is 1.21. The molecule has 1 amide bonds. The molecular formula is C29H39N3O. The Morgan fingerprint density at radius 1 is 1.12 bits per heavy atom. The van der Waals surface area contributed by atoms with Crippen molar-refractivity contribution in [3.05, 3.63) is 47.7 Å². The Labute approximate surface area is 198 Å². The molecule has 3 fully saturated rings. The zero-order chi connectivity index (χ0) is 22.5. The van der Waals surface area contributed by atoms with E-state index in [9.17, 15) is 4.79 Å². The molecule has 176 valence electrons. The first-order chi connectivity index (χ1) is 16.1. The predicted octanol–water partition coefficient (Wildman–Crippen LogP) is 5.58. The van der Waals surface area contributed by atoms with Gasteiger partial charge in [0.05, 0.1) is 6.04 Å². The number of para-hydroxylation sites is 1. The highest BCUT2D eigenvalue weighted by molar-refractivity contribution is 5.85. The van der Waals surface area contributed by atoms with E-state index >= 15 is 0 Å². The first kappa shape index (κ1) is 21.5. The molecule has 0 radical (unpaired) electrons. The summed E-state index contributed by atoms with van der Waals surface area (Å²) in [6, 6.07) is 10.2. The molecule has 0 spiro atoms. The summed E-state index contributed by atoms with van der Waals surface area (Å²) in [7, 11) is 0. The van der Waals surface area contributed by atoms with Crippen molar-refractivity contribution in [3.63, 3.8) is 0 Å². The Morgan fingerprint density at radius 2 is 2.00 bits per heavy atom. The van der Waals surface area contributed by atoms with Crippen molar-refractivity contribution in [2.75, 3.05) is 19.6 Å². The molecule has 4 aliphatic rings. The van der Waals surface area contributed by atoms with Crippen molar-refractivity contribution in [3.8, 4) is 0 Å². The smallest absolute Gasteiger partial charge is 0.223 e. The fraction of sp³-hybridized carbons (Fsp3) is 0.621. The molecule has 1 aliphatic carbocycles. The summed E-state index contributed by atoms with van der Waals surface area (Å²) in [5.41, 5.74) is 4.20. The van der Waals surface area contributed by atoms with Crippen LogP contribution in [0.1, 0.15) is 70.4 Å². The molecule has 0 saturated carbocycles. The second kappa shape index (κ2) is 8.61. The normalized spacial score (nSPS) is 29.7. The SMILES string of the molecule is CC(C)n1cc(CCC(=O)N2CCCC3=C[C@H]4C[C@@H](CN5CCCCC45)C32)c2ccccc21. The average molecular weight is 446 g/mol. The third-order valence-corrected chi connectivity index (χ3v) is 8.97. The molecule has 4 atom stereocenters. The molecule has 1 aromatic carbocycles. The number of piperidine rings is 3. The van der Waals surface area contributed by atoms with E-state index < -0.39 is 0 Å². The number of amides is 1. The Bertz CT molecular complexity index is 1070. The lowest BCUT2D eigenvalue weighted by Gasteiger charge is -2.54. The van der Waals surface area contributed by atoms with Gasteiger partial charge in [0.2, 0.25) is 5.91 Å². The van der Waals surface area contributed by atoms with Crippen LogP contribution in [0.4, 0.5) is 0 Å². The predicted molar refractivity (Wildman–Crippen MR) is 134 cm³/mol. The van der Waals surface area contributed by atoms with E-state index in [-0.39, 0.29) is 0 Å². The van der Waals surface area contributed by atoms with Gasteiger partial charge in [0.1, 0.15) is 0 Å². The van der Waals surface area contributed by atoms with Crippen molar-refractivity contribution in [2.24, 2.45) is 11.8 Å². The highest BCUT2D eigenvalue weighted by atomic mass is 16.2. The molecule has 4 heterocycles. The number of likely N-dealkylation sites (tertiary alicyclic amines) is 1. The standard InChI is InChI=1S/C29H39N3O/c1-20(2)32-19-22(25-9-3-4-11-27(25)32)12-13-28(33)31-15-7-8-21-16-23-17-24(29(21)31)18-30-14-6-5-10-26(23)30/h3-4,9,11,16,19-20,23-24,26,29H,5-8,10,12-15,17-18H2,1-2H3/t23-,24-,26?,29?/m0/s1. The van der Waals surface area contributed by atoms with E-state index in [1.165, 1.54) is 61.7 Å². The fourth-order valence-corrected chi connectivity index (χ4v) is 7.54. The van der Waals surface area contributed by atoms with E-state index in [2.05, 4.69) is 64.8 Å². The van der Waals surface area contributed by atoms with Crippen LogP contribution in [0.15, 0.2) is 42.1 Å². The summed E-state index contributed by atoms with van der Waals surface area (Å²) in [4.78, 5) is 18.7. The van der Waals surface area contributed by atoms with Crippen molar-refractivity contribution in [1.29, 1.82) is 0 Å². The highest BCUT2D eigenvalue weighted by Gasteiger charge is 2.46. The van der Waals surface area contributed by atoms with Gasteiger partial charge in [0.25, 0.3) is 0 Å². The molecule has 6 rings (SSSR count). The van der Waals surface area contributed by atoms with E-state index in [1.807, 2.05) is 0 Å². The van der Waals surface area contributed by atoms with Crippen LogP contribution in [0.5, 0.6) is 0 Å². The number of aromatic nitrogens is 1. The molecule has 3 aliphatic heterocycles. The lowest BCUT2D eigenvalue weighted by Crippen LogP contribution is -2.60. The van der Waals surface area contributed by atoms with Gasteiger partial charge in [-0.25, -0.2) is 0 Å². The first-order valence-electron chi connectivity index (χ1n) is 13.4. The fourth-order valence-electron chi connectivity index (χ4n) is 7.54. The number of hydrogen-bond donors (Lipinski definition) is 0. The molecule has 1 aromatic heterocycles. The summed E-state index contributed by atoms with van der Waals surface area (Å²) in [6.07, 6.45) is 14.1. The van der Waals surface area contributed by atoms with Gasteiger partial charge < -0.3 is 9.47 Å². The van der Waals surface area contributed by atoms with Gasteiger partial charge in [-0.2, -0.15) is 0 Å². The van der Waals surface area contributed by atoms with Crippen molar-refractivity contribution >= 4 is 16.8 Å². The van der Waals surface area contributed by atoms with Crippen molar-refractivity contribution in [2.45, 2.75) is 83.3 Å². The maximum Gasteiger partial charge on any atom is 0.223 e. The molecule has 2 unspecified atom stereocenters. The first-order valence-corrected chi connectivity index (χ1v) is 13.4. The number of hydrogen-bond acceptors (Lipinski definition) is 2. The second-order valence-corrected chi connectivity index (χ2v) is 11.3. The molecule has 2 bridgehead atoms. The van der Waals surface area contributed by atoms with E-state index in [0.29, 0.717) is 30.3 Å². The topological polar surface area (TPSA) is 28.5 Å². The Hall–Kier alpha value is -2.07. The lowest BCUT2D eigenvalue weighted by molar-refractivity contribution is -0.136. The number of aryl methyl sites for hydroxylation is 1. The van der Waals surface area contributed by atoms with Crippen LogP contribution in [0.3, 0.4) is 0 Å². The minimum Gasteiger partial charge on any atom is -0.345 e. The largest absolute Gasteiger partial charge is 0.345 e. The lowest BCUT2D eigenvalue weighted by atomic mass is 9.68. The third kappa shape index (κ3) is 3.75. The number of nitrogens with zero attached hydrogens (tertiary/aromatic N) is 3. The molecule has 33 heavy (non-hydrogen) atoms. The summed E-state index contributed by atoms with van der Waals surface area (Å²) < 4.78 is 2.36. The minimum absolute atomic E-state index is 0.363. The van der Waals surface area contributed by atoms with Gasteiger partial charge in [0.15, 0.2) is 0 Å². The van der Waals surface area contributed by atoms with Crippen LogP contribution in [0, 0.1) is 11.8 Å². The van der Waals surface area contributed by atoms with Crippen LogP contribution >= 0.6 is 0 Å². The van der Waals surface area contributed by atoms with Crippen LogP contribution in [-0.2, 0) is 11.2 Å². The molecular weight excluding hydrogens is 406 g/mol. The summed E-state index contributed by atoms with van der Waals surface area (Å²) >= 11 is 0. The van der Waals surface area contributed by atoms with Gasteiger partial charge >= 0.3 is 0 Å². The van der Waals surface area contributed by atoms with Crippen molar-refractivity contribution < 1.29 is 4.79 Å². The molecule has 4 nitrogen and oxygen atoms in total. The van der Waals surface area contributed by atoms with Gasteiger partial charge in [-0.1, -0.05) is 36.3 Å². The van der Waals surface area contributed by atoms with Crippen LogP contribution < -0.4 is 0 Å². The van der Waals surface area contributed by atoms with Gasteiger partial charge in [-0.3, -0.25) is 9.69 Å². The quantitative estimate of drug-likeness (QED) is 0.575. The maximum atomic E-state index is 13.6. The average Bonchev–Trinajstić information content (AvgIpc) is 3.21. The van der Waals surface area contributed by atoms with Gasteiger partial charge in [0, 0.05) is 48.7 Å². The molecule has 4 heteroatoms. The number of benzene rings is 1. The summed E-state index contributed by atoms with van der Waals surface area (Å²) in [5.74, 6) is 1.73. The van der Waals surface area contributed by atoms with Crippen molar-refractivity contribution in [1.82, 2.24) is 14.4 Å². The van der Waals surface area contributed by atoms with Gasteiger partial charge in [-0.05, 0) is 82.4 Å². The molecule has 2 aromatic rings. The van der Waals surface area contributed by atoms with Crippen LogP contribution in [0.2, 0.25) is 0 Å². The maximum absolute atomic E-state index is 13.6. The minimum atomic E-state index is 0.363. The summed E-state index contributed by atoms with van der Waals surface area (Å²) in [6.45, 7) is 7.88. The second-order valence-electron chi connectivity index (χ2n) is 11.3. The Morgan fingerprint density at radius 3 is 2.88 bits per heavy atom. The number of fused-ring (bicyclic) bond motifs is 7. The zero-order valence-electron chi connectivity index (χ0n) is 20.4. The number of rotatable bonds is 4.